The average Bonchev–Trinajstić information content (AvgIpc) is 2.94. The Labute approximate surface area is 118 Å². The number of hydrogen-bond donors (Lipinski definition) is 2. The van der Waals surface area contributed by atoms with Crippen LogP contribution in [0.5, 0.6) is 0 Å². The summed E-state index contributed by atoms with van der Waals surface area (Å²) in [7, 11) is 0. The van der Waals surface area contributed by atoms with E-state index in [1.165, 1.54) is 6.33 Å². The minimum Gasteiger partial charge on any atom is -0.478 e. The maximum Gasteiger partial charge on any atom is 0.335 e. The van der Waals surface area contributed by atoms with Crippen LogP contribution in [0.2, 0.25) is 0 Å². The highest BCUT2D eigenvalue weighted by atomic mass is 32.1. The van der Waals surface area contributed by atoms with Gasteiger partial charge < -0.3 is 10.4 Å². The van der Waals surface area contributed by atoms with E-state index in [-0.39, 0.29) is 5.56 Å². The summed E-state index contributed by atoms with van der Waals surface area (Å²) in [6.07, 6.45) is 1.53. The zero-order valence-electron chi connectivity index (χ0n) is 10.4. The number of carboxylic acid groups (broad SMARTS) is 1. The fourth-order valence-electron chi connectivity index (χ4n) is 1.87. The molecule has 0 aliphatic rings. The first-order valence-electron chi connectivity index (χ1n) is 5.98. The van der Waals surface area contributed by atoms with Gasteiger partial charge in [0.05, 0.1) is 15.8 Å². The van der Waals surface area contributed by atoms with Gasteiger partial charge in [-0.3, -0.25) is 0 Å². The average molecular weight is 285 g/mol. The molecule has 0 amide bonds. The fourth-order valence-corrected chi connectivity index (χ4v) is 2.68. The third-order valence-electron chi connectivity index (χ3n) is 2.90. The van der Waals surface area contributed by atoms with Gasteiger partial charge in [-0.2, -0.15) is 0 Å². The molecule has 0 aliphatic heterocycles. The van der Waals surface area contributed by atoms with Crippen molar-refractivity contribution < 1.29 is 9.90 Å². The molecule has 2 heterocycles. The molecule has 0 fully saturated rings. The molecular weight excluding hydrogens is 274 g/mol. The number of rotatable bonds is 4. The number of carbonyl (C=O) groups is 1. The summed E-state index contributed by atoms with van der Waals surface area (Å²) in [4.78, 5) is 19.2. The summed E-state index contributed by atoms with van der Waals surface area (Å²) in [5.74, 6) is -0.118. The van der Waals surface area contributed by atoms with E-state index in [2.05, 4.69) is 15.3 Å². The number of benzene rings is 1. The van der Waals surface area contributed by atoms with Crippen LogP contribution in [0.15, 0.2) is 42.0 Å². The minimum absolute atomic E-state index is 0.288. The van der Waals surface area contributed by atoms with Crippen LogP contribution in [0.4, 0.5) is 5.82 Å². The fraction of sp³-hybridized carbons (Fsp3) is 0.0714. The number of nitrogens with zero attached hydrogens (tertiary/aromatic N) is 2. The van der Waals surface area contributed by atoms with Crippen molar-refractivity contribution in [2.24, 2.45) is 0 Å². The van der Waals surface area contributed by atoms with Crippen LogP contribution < -0.4 is 5.32 Å². The molecule has 2 aromatic heterocycles. The van der Waals surface area contributed by atoms with E-state index in [9.17, 15) is 4.79 Å². The zero-order chi connectivity index (χ0) is 13.9. The number of thiophene rings is 1. The van der Waals surface area contributed by atoms with Gasteiger partial charge in [0.2, 0.25) is 0 Å². The molecule has 5 nitrogen and oxygen atoms in total. The number of nitrogens with one attached hydrogen (secondary N) is 1. The normalized spacial score (nSPS) is 10.6. The number of carboxylic acids is 1. The summed E-state index contributed by atoms with van der Waals surface area (Å²) in [5, 5.41) is 14.1. The summed E-state index contributed by atoms with van der Waals surface area (Å²) in [6, 6.07) is 8.74. The van der Waals surface area contributed by atoms with Crippen molar-refractivity contribution in [1.82, 2.24) is 9.97 Å². The predicted octanol–water partition coefficient (Wildman–Crippen LogP) is 3.00. The van der Waals surface area contributed by atoms with E-state index in [0.717, 1.165) is 21.6 Å². The van der Waals surface area contributed by atoms with Crippen LogP contribution in [0, 0.1) is 0 Å². The second-order valence-electron chi connectivity index (χ2n) is 4.21. The molecule has 20 heavy (non-hydrogen) atoms. The molecule has 0 atom stereocenters. The Bertz CT molecular complexity index is 752. The van der Waals surface area contributed by atoms with E-state index < -0.39 is 5.97 Å². The topological polar surface area (TPSA) is 75.1 Å². The highest BCUT2D eigenvalue weighted by molar-refractivity contribution is 7.17. The third kappa shape index (κ3) is 2.46. The molecule has 0 unspecified atom stereocenters. The van der Waals surface area contributed by atoms with Crippen LogP contribution in [-0.2, 0) is 6.54 Å². The Kier molecular flexibility index (Phi) is 3.30. The number of anilines is 1. The van der Waals surface area contributed by atoms with E-state index in [1.807, 2.05) is 11.4 Å². The first kappa shape index (κ1) is 12.6. The van der Waals surface area contributed by atoms with Gasteiger partial charge in [0.25, 0.3) is 0 Å². The Balaban J connectivity index is 1.76. The van der Waals surface area contributed by atoms with Crippen molar-refractivity contribution in [2.45, 2.75) is 6.54 Å². The number of hydrogen-bond acceptors (Lipinski definition) is 5. The zero-order valence-corrected chi connectivity index (χ0v) is 11.2. The van der Waals surface area contributed by atoms with Gasteiger partial charge >= 0.3 is 5.97 Å². The van der Waals surface area contributed by atoms with Gasteiger partial charge in [-0.1, -0.05) is 12.1 Å². The molecular formula is C14H11N3O2S. The maximum absolute atomic E-state index is 10.8. The molecule has 2 N–H and O–H groups in total. The van der Waals surface area contributed by atoms with Gasteiger partial charge in [0, 0.05) is 6.54 Å². The molecule has 6 heteroatoms. The molecule has 100 valence electrons. The van der Waals surface area contributed by atoms with Gasteiger partial charge in [-0.25, -0.2) is 14.8 Å². The lowest BCUT2D eigenvalue weighted by Gasteiger charge is -2.06. The molecule has 0 saturated heterocycles. The van der Waals surface area contributed by atoms with Crippen LogP contribution in [0.1, 0.15) is 15.9 Å². The molecule has 0 radical (unpaired) electrons. The molecule has 0 saturated carbocycles. The Hall–Kier alpha value is -2.47. The van der Waals surface area contributed by atoms with E-state index in [0.29, 0.717) is 6.54 Å². The number of aromatic nitrogens is 2. The molecule has 0 spiro atoms. The van der Waals surface area contributed by atoms with E-state index in [1.54, 1.807) is 35.6 Å². The largest absolute Gasteiger partial charge is 0.478 e. The molecule has 3 rings (SSSR count). The summed E-state index contributed by atoms with van der Waals surface area (Å²) >= 11 is 1.59. The molecule has 1 aromatic carbocycles. The van der Waals surface area contributed by atoms with Crippen molar-refractivity contribution in [3.8, 4) is 0 Å². The van der Waals surface area contributed by atoms with Crippen molar-refractivity contribution in [3.63, 3.8) is 0 Å². The lowest BCUT2D eigenvalue weighted by molar-refractivity contribution is 0.0697. The van der Waals surface area contributed by atoms with Crippen LogP contribution in [0.25, 0.3) is 10.2 Å². The summed E-state index contributed by atoms with van der Waals surface area (Å²) in [6.45, 7) is 0.587. The summed E-state index contributed by atoms with van der Waals surface area (Å²) in [5.41, 5.74) is 2.21. The second kappa shape index (κ2) is 5.26. The van der Waals surface area contributed by atoms with E-state index >= 15 is 0 Å². The SMILES string of the molecule is O=C(O)c1ccc(CNc2ncnc3ccsc23)cc1. The van der Waals surface area contributed by atoms with Crippen molar-refractivity contribution in [3.05, 3.63) is 53.2 Å². The lowest BCUT2D eigenvalue weighted by atomic mass is 10.1. The van der Waals surface area contributed by atoms with Crippen LogP contribution in [-0.4, -0.2) is 21.0 Å². The van der Waals surface area contributed by atoms with E-state index in [4.69, 9.17) is 5.11 Å². The van der Waals surface area contributed by atoms with Gasteiger partial charge in [-0.05, 0) is 29.1 Å². The first-order valence-corrected chi connectivity index (χ1v) is 6.86. The molecule has 0 aliphatic carbocycles. The lowest BCUT2D eigenvalue weighted by Crippen LogP contribution is -2.02. The summed E-state index contributed by atoms with van der Waals surface area (Å²) < 4.78 is 1.02. The van der Waals surface area contributed by atoms with Gasteiger partial charge in [0.15, 0.2) is 0 Å². The van der Waals surface area contributed by atoms with Gasteiger partial charge in [-0.15, -0.1) is 11.3 Å². The second-order valence-corrected chi connectivity index (χ2v) is 5.13. The van der Waals surface area contributed by atoms with Gasteiger partial charge in [0.1, 0.15) is 12.1 Å². The third-order valence-corrected chi connectivity index (χ3v) is 3.81. The number of fused-ring (bicyclic) bond motifs is 1. The van der Waals surface area contributed by atoms with Crippen molar-refractivity contribution >= 4 is 33.3 Å². The molecule has 0 bridgehead atoms. The standard InChI is InChI=1S/C14H11N3O2S/c18-14(19)10-3-1-9(2-4-10)7-15-13-12-11(5-6-20-12)16-8-17-13/h1-6,8H,7H2,(H,18,19)(H,15,16,17). The minimum atomic E-state index is -0.916. The van der Waals surface area contributed by atoms with Crippen molar-refractivity contribution in [2.75, 3.05) is 5.32 Å². The number of aromatic carboxylic acids is 1. The Morgan fingerprint density at radius 1 is 1.20 bits per heavy atom. The molecule has 3 aromatic rings. The maximum atomic E-state index is 10.8. The first-order chi connectivity index (χ1) is 9.74. The van der Waals surface area contributed by atoms with Crippen molar-refractivity contribution in [1.29, 1.82) is 0 Å². The smallest absolute Gasteiger partial charge is 0.335 e. The van der Waals surface area contributed by atoms with Crippen LogP contribution in [0.3, 0.4) is 0 Å². The predicted molar refractivity (Wildman–Crippen MR) is 78.1 cm³/mol. The highest BCUT2D eigenvalue weighted by Gasteiger charge is 2.05. The quantitative estimate of drug-likeness (QED) is 0.770. The Morgan fingerprint density at radius 2 is 2.00 bits per heavy atom. The van der Waals surface area contributed by atoms with Crippen LogP contribution >= 0.6 is 11.3 Å². The highest BCUT2D eigenvalue weighted by Crippen LogP contribution is 2.25. The Morgan fingerprint density at radius 3 is 2.75 bits per heavy atom. The monoisotopic (exact) mass is 285 g/mol.